The summed E-state index contributed by atoms with van der Waals surface area (Å²) >= 11 is 0. The first-order valence-corrected chi connectivity index (χ1v) is 3.62. The summed E-state index contributed by atoms with van der Waals surface area (Å²) < 4.78 is 37.2. The van der Waals surface area contributed by atoms with Crippen LogP contribution in [0.2, 0.25) is 0 Å². The van der Waals surface area contributed by atoms with Gasteiger partial charge in [-0.15, -0.1) is 0 Å². The zero-order valence-corrected chi connectivity index (χ0v) is 6.88. The van der Waals surface area contributed by atoms with Crippen molar-refractivity contribution in [1.82, 2.24) is 4.98 Å². The second kappa shape index (κ2) is 3.65. The Kier molecular flexibility index (Phi) is 2.73. The summed E-state index contributed by atoms with van der Waals surface area (Å²) in [5.41, 5.74) is -1.41. The Morgan fingerprint density at radius 2 is 2.14 bits per heavy atom. The third kappa shape index (κ3) is 2.01. The number of pyridine rings is 1. The Balaban J connectivity index is 3.12. The van der Waals surface area contributed by atoms with Crippen LogP contribution in [0.5, 0.6) is 0 Å². The van der Waals surface area contributed by atoms with Gasteiger partial charge in [-0.1, -0.05) is 6.07 Å². The Bertz CT molecular complexity index is 354. The summed E-state index contributed by atoms with van der Waals surface area (Å²) in [6, 6.07) is 3.03. The molecule has 0 aliphatic heterocycles. The van der Waals surface area contributed by atoms with Crippen LogP contribution < -0.4 is 0 Å². The van der Waals surface area contributed by atoms with Gasteiger partial charge in [0.1, 0.15) is 11.4 Å². The van der Waals surface area contributed by atoms with Gasteiger partial charge in [-0.2, -0.15) is 8.78 Å². The van der Waals surface area contributed by atoms with Crippen LogP contribution in [-0.4, -0.2) is 22.7 Å². The third-order valence-electron chi connectivity index (χ3n) is 1.51. The van der Waals surface area contributed by atoms with Crippen LogP contribution in [0.3, 0.4) is 0 Å². The number of aromatic nitrogens is 1. The molecular formula is C8H6F3NO2. The molecule has 0 bridgehead atoms. The number of alkyl halides is 3. The maximum atomic E-state index is 12.7. The van der Waals surface area contributed by atoms with Gasteiger partial charge in [0.05, 0.1) is 0 Å². The van der Waals surface area contributed by atoms with Crippen molar-refractivity contribution in [2.24, 2.45) is 0 Å². The van der Waals surface area contributed by atoms with Gasteiger partial charge < -0.3 is 5.11 Å². The standard InChI is InChI=1S/C8H6F3NO2/c9-4-8(10,11)6-3-1-2-5(12-6)7(13)14/h1-3H,4H2,(H,13,14). The van der Waals surface area contributed by atoms with E-state index in [1.54, 1.807) is 0 Å². The Morgan fingerprint density at radius 1 is 1.50 bits per heavy atom. The van der Waals surface area contributed by atoms with Crippen LogP contribution in [0, 0.1) is 0 Å². The van der Waals surface area contributed by atoms with Crippen LogP contribution in [0.1, 0.15) is 16.2 Å². The smallest absolute Gasteiger partial charge is 0.354 e. The second-order valence-electron chi connectivity index (χ2n) is 2.55. The minimum atomic E-state index is -3.73. The molecule has 1 aromatic heterocycles. The summed E-state index contributed by atoms with van der Waals surface area (Å²) in [6.45, 7) is -1.90. The number of nitrogens with zero attached hydrogens (tertiary/aromatic N) is 1. The molecule has 0 aliphatic rings. The van der Waals surface area contributed by atoms with E-state index in [2.05, 4.69) is 4.98 Å². The lowest BCUT2D eigenvalue weighted by Crippen LogP contribution is -2.19. The molecule has 0 saturated carbocycles. The number of halogens is 3. The SMILES string of the molecule is O=C(O)c1cccc(C(F)(F)CF)n1. The summed E-state index contributed by atoms with van der Waals surface area (Å²) in [5.74, 6) is -5.16. The van der Waals surface area contributed by atoms with Gasteiger partial charge in [-0.3, -0.25) is 0 Å². The molecule has 1 rings (SSSR count). The summed E-state index contributed by atoms with van der Waals surface area (Å²) in [5, 5.41) is 8.45. The predicted octanol–water partition coefficient (Wildman–Crippen LogP) is 1.84. The first-order chi connectivity index (χ1) is 6.47. The zero-order valence-electron chi connectivity index (χ0n) is 6.88. The first-order valence-electron chi connectivity index (χ1n) is 3.62. The van der Waals surface area contributed by atoms with E-state index >= 15 is 0 Å². The molecule has 0 aliphatic carbocycles. The van der Waals surface area contributed by atoms with E-state index in [4.69, 9.17) is 5.11 Å². The summed E-state index contributed by atoms with van der Waals surface area (Å²) in [4.78, 5) is 13.5. The number of carboxylic acids is 1. The van der Waals surface area contributed by atoms with Crippen molar-refractivity contribution in [1.29, 1.82) is 0 Å². The third-order valence-corrected chi connectivity index (χ3v) is 1.51. The van der Waals surface area contributed by atoms with Crippen molar-refractivity contribution in [2.45, 2.75) is 5.92 Å². The van der Waals surface area contributed by atoms with Crippen molar-refractivity contribution in [3.63, 3.8) is 0 Å². The summed E-state index contributed by atoms with van der Waals surface area (Å²) in [7, 11) is 0. The molecule has 0 amide bonds. The van der Waals surface area contributed by atoms with Crippen molar-refractivity contribution in [3.05, 3.63) is 29.6 Å². The highest BCUT2D eigenvalue weighted by atomic mass is 19.3. The summed E-state index contributed by atoms with van der Waals surface area (Å²) in [6.07, 6.45) is 0. The predicted molar refractivity (Wildman–Crippen MR) is 41.1 cm³/mol. The molecule has 1 heterocycles. The number of hydrogen-bond donors (Lipinski definition) is 1. The first kappa shape index (κ1) is 10.5. The zero-order chi connectivity index (χ0) is 10.8. The number of rotatable bonds is 3. The number of carboxylic acid groups (broad SMARTS) is 1. The lowest BCUT2D eigenvalue weighted by molar-refractivity contribution is -0.0323. The molecular weight excluding hydrogens is 199 g/mol. The molecule has 0 unspecified atom stereocenters. The largest absolute Gasteiger partial charge is 0.477 e. The molecule has 1 N–H and O–H groups in total. The van der Waals surface area contributed by atoms with E-state index in [0.717, 1.165) is 18.2 Å². The molecule has 0 atom stereocenters. The van der Waals surface area contributed by atoms with Gasteiger partial charge in [0, 0.05) is 0 Å². The van der Waals surface area contributed by atoms with Gasteiger partial charge in [-0.25, -0.2) is 14.2 Å². The monoisotopic (exact) mass is 205 g/mol. The molecule has 0 aromatic carbocycles. The molecule has 3 nitrogen and oxygen atoms in total. The molecule has 0 radical (unpaired) electrons. The number of hydrogen-bond acceptors (Lipinski definition) is 2. The van der Waals surface area contributed by atoms with Crippen molar-refractivity contribution in [3.8, 4) is 0 Å². The number of carbonyl (C=O) groups is 1. The maximum Gasteiger partial charge on any atom is 0.354 e. The molecule has 76 valence electrons. The van der Waals surface area contributed by atoms with Gasteiger partial charge in [0.2, 0.25) is 0 Å². The van der Waals surface area contributed by atoms with Crippen LogP contribution in [0.15, 0.2) is 18.2 Å². The lowest BCUT2D eigenvalue weighted by Gasteiger charge is -2.10. The van der Waals surface area contributed by atoms with E-state index in [1.807, 2.05) is 0 Å². The van der Waals surface area contributed by atoms with Crippen molar-refractivity contribution < 1.29 is 23.1 Å². The Labute approximate surface area is 77.2 Å². The quantitative estimate of drug-likeness (QED) is 0.819. The highest BCUT2D eigenvalue weighted by Gasteiger charge is 2.33. The van der Waals surface area contributed by atoms with E-state index in [1.165, 1.54) is 0 Å². The van der Waals surface area contributed by atoms with Gasteiger partial charge in [-0.05, 0) is 12.1 Å². The fourth-order valence-corrected chi connectivity index (χ4v) is 0.826. The second-order valence-corrected chi connectivity index (χ2v) is 2.55. The molecule has 0 spiro atoms. The average Bonchev–Trinajstić information content (AvgIpc) is 2.18. The van der Waals surface area contributed by atoms with E-state index < -0.39 is 30.0 Å². The Morgan fingerprint density at radius 3 is 2.64 bits per heavy atom. The minimum absolute atomic E-state index is 0.532. The normalized spacial score (nSPS) is 11.4. The number of aromatic carboxylic acids is 1. The van der Waals surface area contributed by atoms with Gasteiger partial charge in [0.25, 0.3) is 0 Å². The van der Waals surface area contributed by atoms with E-state index in [-0.39, 0.29) is 0 Å². The van der Waals surface area contributed by atoms with E-state index in [0.29, 0.717) is 0 Å². The molecule has 6 heteroatoms. The van der Waals surface area contributed by atoms with Crippen molar-refractivity contribution >= 4 is 5.97 Å². The topological polar surface area (TPSA) is 50.2 Å². The van der Waals surface area contributed by atoms with Crippen molar-refractivity contribution in [2.75, 3.05) is 6.67 Å². The van der Waals surface area contributed by atoms with Gasteiger partial charge in [0.15, 0.2) is 6.67 Å². The fraction of sp³-hybridized carbons (Fsp3) is 0.250. The lowest BCUT2D eigenvalue weighted by atomic mass is 10.2. The van der Waals surface area contributed by atoms with Gasteiger partial charge >= 0.3 is 11.9 Å². The fourth-order valence-electron chi connectivity index (χ4n) is 0.826. The maximum absolute atomic E-state index is 12.7. The van der Waals surface area contributed by atoms with Crippen LogP contribution in [0.25, 0.3) is 0 Å². The highest BCUT2D eigenvalue weighted by molar-refractivity contribution is 5.85. The highest BCUT2D eigenvalue weighted by Crippen LogP contribution is 2.26. The van der Waals surface area contributed by atoms with E-state index in [9.17, 15) is 18.0 Å². The van der Waals surface area contributed by atoms with Crippen LogP contribution in [0.4, 0.5) is 13.2 Å². The van der Waals surface area contributed by atoms with Crippen LogP contribution >= 0.6 is 0 Å². The average molecular weight is 205 g/mol. The Hall–Kier alpha value is -1.59. The minimum Gasteiger partial charge on any atom is -0.477 e. The molecule has 0 fully saturated rings. The molecule has 0 saturated heterocycles. The molecule has 14 heavy (non-hydrogen) atoms. The van der Waals surface area contributed by atoms with Crippen LogP contribution in [-0.2, 0) is 5.92 Å². The molecule has 1 aromatic rings.